The molecule has 0 N–H and O–H groups in total. The van der Waals surface area contributed by atoms with Crippen molar-refractivity contribution in [3.05, 3.63) is 71.6 Å². The number of halogens is 1. The number of likely N-dealkylation sites (tertiary alicyclic amines) is 1. The molecule has 0 saturated carbocycles. The normalized spacial score (nSPS) is 16.8. The summed E-state index contributed by atoms with van der Waals surface area (Å²) in [5.41, 5.74) is 4.67. The lowest BCUT2D eigenvalue weighted by atomic mass is 9.93. The van der Waals surface area contributed by atoms with Gasteiger partial charge in [0.15, 0.2) is 0 Å². The number of fused-ring (bicyclic) bond motifs is 1. The standard InChI is InChI=1S/C20H22FN3/c1-15-20-3-2-10-24(20)14-19(22-15)17-8-11-23(12-9-17)13-16-4-6-18(21)7-5-16/h2-7,10,14,17H,8-9,11-13H2,1H3. The van der Waals surface area contributed by atoms with Gasteiger partial charge < -0.3 is 4.40 Å². The summed E-state index contributed by atoms with van der Waals surface area (Å²) in [6.45, 7) is 5.11. The van der Waals surface area contributed by atoms with Gasteiger partial charge in [-0.1, -0.05) is 12.1 Å². The maximum Gasteiger partial charge on any atom is 0.123 e. The second-order valence-corrected chi connectivity index (χ2v) is 6.73. The highest BCUT2D eigenvalue weighted by molar-refractivity contribution is 5.52. The van der Waals surface area contributed by atoms with Crippen LogP contribution in [-0.2, 0) is 6.54 Å². The molecule has 1 aliphatic rings. The second kappa shape index (κ2) is 6.36. The van der Waals surface area contributed by atoms with Crippen LogP contribution in [0.15, 0.2) is 48.8 Å². The van der Waals surface area contributed by atoms with Gasteiger partial charge in [-0.2, -0.15) is 0 Å². The third-order valence-corrected chi connectivity index (χ3v) is 5.04. The predicted molar refractivity (Wildman–Crippen MR) is 93.6 cm³/mol. The number of rotatable bonds is 3. The Morgan fingerprint density at radius 3 is 2.62 bits per heavy atom. The van der Waals surface area contributed by atoms with Gasteiger partial charge in [-0.15, -0.1) is 0 Å². The lowest BCUT2D eigenvalue weighted by Crippen LogP contribution is -2.32. The van der Waals surface area contributed by atoms with Crippen LogP contribution in [0.5, 0.6) is 0 Å². The Balaban J connectivity index is 1.42. The molecule has 0 aliphatic carbocycles. The minimum atomic E-state index is -0.167. The SMILES string of the molecule is Cc1nc(C2CCN(Cc3ccc(F)cc3)CC2)cn2cccc12. The van der Waals surface area contributed by atoms with Crippen molar-refractivity contribution in [1.82, 2.24) is 14.3 Å². The molecule has 0 amide bonds. The number of hydrogen-bond acceptors (Lipinski definition) is 2. The van der Waals surface area contributed by atoms with E-state index < -0.39 is 0 Å². The Morgan fingerprint density at radius 1 is 1.12 bits per heavy atom. The van der Waals surface area contributed by atoms with Crippen molar-refractivity contribution in [2.24, 2.45) is 0 Å². The molecule has 0 unspecified atom stereocenters. The minimum Gasteiger partial charge on any atom is -0.320 e. The molecular formula is C20H22FN3. The van der Waals surface area contributed by atoms with E-state index in [-0.39, 0.29) is 5.82 Å². The number of aryl methyl sites for hydroxylation is 1. The molecule has 24 heavy (non-hydrogen) atoms. The van der Waals surface area contributed by atoms with E-state index in [4.69, 9.17) is 4.98 Å². The van der Waals surface area contributed by atoms with Gasteiger partial charge >= 0.3 is 0 Å². The highest BCUT2D eigenvalue weighted by atomic mass is 19.1. The van der Waals surface area contributed by atoms with Crippen LogP contribution in [0.3, 0.4) is 0 Å². The monoisotopic (exact) mass is 323 g/mol. The number of hydrogen-bond donors (Lipinski definition) is 0. The highest BCUT2D eigenvalue weighted by Crippen LogP contribution is 2.28. The summed E-state index contributed by atoms with van der Waals surface area (Å²) in [5, 5.41) is 0. The van der Waals surface area contributed by atoms with Crippen LogP contribution in [0, 0.1) is 12.7 Å². The molecule has 0 bridgehead atoms. The molecule has 4 heteroatoms. The van der Waals surface area contributed by atoms with E-state index >= 15 is 0 Å². The van der Waals surface area contributed by atoms with Crippen LogP contribution in [0.2, 0.25) is 0 Å². The van der Waals surface area contributed by atoms with Crippen molar-refractivity contribution in [1.29, 1.82) is 0 Å². The number of aromatic nitrogens is 2. The van der Waals surface area contributed by atoms with Gasteiger partial charge in [0.1, 0.15) is 5.82 Å². The molecule has 1 saturated heterocycles. The maximum atomic E-state index is 13.0. The maximum absolute atomic E-state index is 13.0. The number of benzene rings is 1. The van der Waals surface area contributed by atoms with Crippen molar-refractivity contribution < 1.29 is 4.39 Å². The molecule has 3 nitrogen and oxygen atoms in total. The Morgan fingerprint density at radius 2 is 1.88 bits per heavy atom. The molecule has 0 spiro atoms. The summed E-state index contributed by atoms with van der Waals surface area (Å²) in [6.07, 6.45) is 6.53. The van der Waals surface area contributed by atoms with Crippen LogP contribution < -0.4 is 0 Å². The van der Waals surface area contributed by atoms with E-state index in [1.807, 2.05) is 12.1 Å². The van der Waals surface area contributed by atoms with Crippen molar-refractivity contribution in [2.75, 3.05) is 13.1 Å². The average molecular weight is 323 g/mol. The van der Waals surface area contributed by atoms with Gasteiger partial charge in [0.2, 0.25) is 0 Å². The second-order valence-electron chi connectivity index (χ2n) is 6.73. The van der Waals surface area contributed by atoms with Gasteiger partial charge in [-0.05, 0) is 62.7 Å². The van der Waals surface area contributed by atoms with Crippen molar-refractivity contribution in [3.8, 4) is 0 Å². The fraction of sp³-hybridized carbons (Fsp3) is 0.350. The third-order valence-electron chi connectivity index (χ3n) is 5.04. The van der Waals surface area contributed by atoms with Gasteiger partial charge in [0.25, 0.3) is 0 Å². The predicted octanol–water partition coefficient (Wildman–Crippen LogP) is 4.16. The van der Waals surface area contributed by atoms with E-state index in [0.717, 1.165) is 38.2 Å². The largest absolute Gasteiger partial charge is 0.320 e. The first-order valence-corrected chi connectivity index (χ1v) is 8.60. The van der Waals surface area contributed by atoms with E-state index in [0.29, 0.717) is 5.92 Å². The molecular weight excluding hydrogens is 301 g/mol. The zero-order chi connectivity index (χ0) is 16.5. The molecule has 3 aromatic rings. The Bertz CT molecular complexity index is 830. The molecule has 124 valence electrons. The smallest absolute Gasteiger partial charge is 0.123 e. The van der Waals surface area contributed by atoms with Gasteiger partial charge in [-0.3, -0.25) is 9.88 Å². The first-order chi connectivity index (χ1) is 11.7. The van der Waals surface area contributed by atoms with Crippen LogP contribution in [0.25, 0.3) is 5.52 Å². The lowest BCUT2D eigenvalue weighted by molar-refractivity contribution is 0.203. The lowest BCUT2D eigenvalue weighted by Gasteiger charge is -2.31. The zero-order valence-electron chi connectivity index (χ0n) is 14.0. The molecule has 3 heterocycles. The van der Waals surface area contributed by atoms with Crippen molar-refractivity contribution in [2.45, 2.75) is 32.2 Å². The molecule has 0 atom stereocenters. The van der Waals surface area contributed by atoms with E-state index in [1.165, 1.54) is 16.8 Å². The summed E-state index contributed by atoms with van der Waals surface area (Å²) in [5.74, 6) is 0.360. The first kappa shape index (κ1) is 15.3. The molecule has 0 radical (unpaired) electrons. The minimum absolute atomic E-state index is 0.167. The molecule has 1 aromatic carbocycles. The van der Waals surface area contributed by atoms with Crippen LogP contribution >= 0.6 is 0 Å². The fourth-order valence-corrected chi connectivity index (χ4v) is 3.67. The number of nitrogens with zero attached hydrogens (tertiary/aromatic N) is 3. The van der Waals surface area contributed by atoms with Crippen LogP contribution in [-0.4, -0.2) is 27.4 Å². The van der Waals surface area contributed by atoms with Crippen LogP contribution in [0.4, 0.5) is 4.39 Å². The summed E-state index contributed by atoms with van der Waals surface area (Å²) < 4.78 is 15.2. The fourth-order valence-electron chi connectivity index (χ4n) is 3.67. The molecule has 1 aliphatic heterocycles. The average Bonchev–Trinajstić information content (AvgIpc) is 3.07. The van der Waals surface area contributed by atoms with E-state index in [2.05, 4.69) is 40.8 Å². The molecule has 4 rings (SSSR count). The highest BCUT2D eigenvalue weighted by Gasteiger charge is 2.22. The Kier molecular flexibility index (Phi) is 4.07. The Hall–Kier alpha value is -2.20. The number of piperidine rings is 1. The molecule has 2 aromatic heterocycles. The summed E-state index contributed by atoms with van der Waals surface area (Å²) >= 11 is 0. The molecule has 1 fully saturated rings. The Labute approximate surface area is 141 Å². The van der Waals surface area contributed by atoms with E-state index in [9.17, 15) is 4.39 Å². The van der Waals surface area contributed by atoms with Gasteiger partial charge in [0.05, 0.1) is 16.9 Å². The van der Waals surface area contributed by atoms with Crippen molar-refractivity contribution in [3.63, 3.8) is 0 Å². The van der Waals surface area contributed by atoms with Crippen molar-refractivity contribution >= 4 is 5.52 Å². The summed E-state index contributed by atoms with van der Waals surface area (Å²) in [4.78, 5) is 7.28. The summed E-state index contributed by atoms with van der Waals surface area (Å²) in [7, 11) is 0. The quantitative estimate of drug-likeness (QED) is 0.721. The van der Waals surface area contributed by atoms with Gasteiger partial charge in [-0.25, -0.2) is 4.39 Å². The zero-order valence-corrected chi connectivity index (χ0v) is 14.0. The first-order valence-electron chi connectivity index (χ1n) is 8.60. The third kappa shape index (κ3) is 3.06. The van der Waals surface area contributed by atoms with E-state index in [1.54, 1.807) is 12.1 Å². The van der Waals surface area contributed by atoms with Gasteiger partial charge in [0, 0.05) is 24.9 Å². The van der Waals surface area contributed by atoms with Crippen LogP contribution in [0.1, 0.15) is 35.7 Å². The topological polar surface area (TPSA) is 20.5 Å². The summed E-state index contributed by atoms with van der Waals surface area (Å²) in [6, 6.07) is 11.0.